The summed E-state index contributed by atoms with van der Waals surface area (Å²) in [5.74, 6) is 3.16. The minimum atomic E-state index is 0.332. The van der Waals surface area contributed by atoms with Gasteiger partial charge in [-0.15, -0.1) is 0 Å². The fraction of sp³-hybridized carbons (Fsp3) is 0.714. The van der Waals surface area contributed by atoms with Gasteiger partial charge in [-0.2, -0.15) is 0 Å². The van der Waals surface area contributed by atoms with Crippen molar-refractivity contribution >= 4 is 11.6 Å². The van der Waals surface area contributed by atoms with Gasteiger partial charge in [0.2, 0.25) is 5.75 Å². The Bertz CT molecular complexity index is 432. The summed E-state index contributed by atoms with van der Waals surface area (Å²) >= 11 is 0. The number of nitrogens with one attached hydrogen (secondary N) is 1. The Balaban J connectivity index is 0.000000704. The maximum absolute atomic E-state index is 5.91. The van der Waals surface area contributed by atoms with Crippen LogP contribution in [0.2, 0.25) is 0 Å². The van der Waals surface area contributed by atoms with E-state index in [9.17, 15) is 0 Å². The summed E-state index contributed by atoms with van der Waals surface area (Å²) in [5.41, 5.74) is 4.50. The van der Waals surface area contributed by atoms with Crippen LogP contribution in [0.5, 0.6) is 5.75 Å². The van der Waals surface area contributed by atoms with Crippen LogP contribution in [-0.4, -0.2) is 42.8 Å². The van der Waals surface area contributed by atoms with Crippen LogP contribution in [0.1, 0.15) is 26.7 Å². The molecular weight excluding hydrogens is 254 g/mol. The zero-order chi connectivity index (χ0) is 14.5. The van der Waals surface area contributed by atoms with Crippen LogP contribution in [0, 0.1) is 5.92 Å². The minimum Gasteiger partial charge on any atom is -0.484 e. The van der Waals surface area contributed by atoms with Crippen LogP contribution in [0.15, 0.2) is 6.33 Å². The molecule has 20 heavy (non-hydrogen) atoms. The van der Waals surface area contributed by atoms with Crippen LogP contribution in [0.4, 0.5) is 11.6 Å². The van der Waals surface area contributed by atoms with Crippen molar-refractivity contribution in [2.75, 3.05) is 37.0 Å². The standard InChI is InChI=1S/C13H20N4O.CH5N/c1-9(2)10-7-18-11-12(16-10)14-8-15-13(11)17-5-3-4-6-17;1-2/h8-10H,3-7H2,1-2H3,(H,14,15,16);2H2,1H3. The second kappa shape index (κ2) is 6.74. The highest BCUT2D eigenvalue weighted by atomic mass is 16.5. The van der Waals surface area contributed by atoms with Crippen LogP contribution >= 0.6 is 0 Å². The van der Waals surface area contributed by atoms with Gasteiger partial charge in [-0.1, -0.05) is 13.8 Å². The van der Waals surface area contributed by atoms with E-state index in [1.54, 1.807) is 6.33 Å². The number of nitrogens with two attached hydrogens (primary N) is 1. The first-order chi connectivity index (χ1) is 9.75. The zero-order valence-electron chi connectivity index (χ0n) is 12.6. The third-order valence-electron chi connectivity index (χ3n) is 3.72. The summed E-state index contributed by atoms with van der Waals surface area (Å²) in [7, 11) is 1.50. The van der Waals surface area contributed by atoms with Crippen molar-refractivity contribution in [1.82, 2.24) is 9.97 Å². The smallest absolute Gasteiger partial charge is 0.204 e. The Labute approximate surface area is 120 Å². The van der Waals surface area contributed by atoms with Crippen LogP contribution in [0.3, 0.4) is 0 Å². The first-order valence-corrected chi connectivity index (χ1v) is 7.32. The zero-order valence-corrected chi connectivity index (χ0v) is 12.6. The number of fused-ring (bicyclic) bond motifs is 1. The van der Waals surface area contributed by atoms with Gasteiger partial charge >= 0.3 is 0 Å². The lowest BCUT2D eigenvalue weighted by molar-refractivity contribution is 0.255. The predicted molar refractivity (Wildman–Crippen MR) is 81.3 cm³/mol. The summed E-state index contributed by atoms with van der Waals surface area (Å²) in [6.07, 6.45) is 4.10. The molecule has 1 aromatic rings. The molecule has 0 aromatic carbocycles. The monoisotopic (exact) mass is 279 g/mol. The number of hydrogen-bond acceptors (Lipinski definition) is 6. The van der Waals surface area contributed by atoms with E-state index in [1.165, 1.54) is 19.9 Å². The third kappa shape index (κ3) is 2.95. The molecule has 2 aliphatic rings. The van der Waals surface area contributed by atoms with Crippen LogP contribution in [-0.2, 0) is 0 Å². The Morgan fingerprint density at radius 3 is 2.65 bits per heavy atom. The summed E-state index contributed by atoms with van der Waals surface area (Å²) in [4.78, 5) is 11.0. The van der Waals surface area contributed by atoms with E-state index in [0.29, 0.717) is 18.6 Å². The highest BCUT2D eigenvalue weighted by Crippen LogP contribution is 2.37. The highest BCUT2D eigenvalue weighted by molar-refractivity contribution is 5.66. The average Bonchev–Trinajstić information content (AvgIpc) is 3.02. The van der Waals surface area contributed by atoms with Gasteiger partial charge in [0.05, 0.1) is 6.04 Å². The van der Waals surface area contributed by atoms with Crippen molar-refractivity contribution < 1.29 is 4.74 Å². The number of hydrogen-bond donors (Lipinski definition) is 2. The normalized spacial score (nSPS) is 20.6. The molecule has 0 saturated carbocycles. The van der Waals surface area contributed by atoms with Gasteiger partial charge in [0.15, 0.2) is 11.6 Å². The van der Waals surface area contributed by atoms with Crippen LogP contribution in [0.25, 0.3) is 0 Å². The third-order valence-corrected chi connectivity index (χ3v) is 3.72. The van der Waals surface area contributed by atoms with Crippen molar-refractivity contribution in [2.24, 2.45) is 11.7 Å². The fourth-order valence-corrected chi connectivity index (χ4v) is 2.50. The van der Waals surface area contributed by atoms with Crippen LogP contribution < -0.4 is 20.7 Å². The first-order valence-electron chi connectivity index (χ1n) is 7.32. The number of anilines is 2. The van der Waals surface area contributed by atoms with Gasteiger partial charge in [-0.3, -0.25) is 0 Å². The molecule has 1 fully saturated rings. The Kier molecular flexibility index (Phi) is 5.00. The second-order valence-corrected chi connectivity index (χ2v) is 5.38. The Hall–Kier alpha value is -1.56. The quantitative estimate of drug-likeness (QED) is 0.854. The number of ether oxygens (including phenoxy) is 1. The second-order valence-electron chi connectivity index (χ2n) is 5.38. The molecule has 2 aliphatic heterocycles. The van der Waals surface area contributed by atoms with E-state index < -0.39 is 0 Å². The topological polar surface area (TPSA) is 76.3 Å². The first kappa shape index (κ1) is 14.8. The van der Waals surface area contributed by atoms with Crippen molar-refractivity contribution in [3.63, 3.8) is 0 Å². The molecule has 0 spiro atoms. The summed E-state index contributed by atoms with van der Waals surface area (Å²) in [5, 5.41) is 3.46. The molecule has 3 rings (SSSR count). The highest BCUT2D eigenvalue weighted by Gasteiger charge is 2.28. The minimum absolute atomic E-state index is 0.332. The van der Waals surface area contributed by atoms with Gasteiger partial charge in [-0.25, -0.2) is 9.97 Å². The predicted octanol–water partition coefficient (Wildman–Crippen LogP) is 1.48. The molecule has 6 nitrogen and oxygen atoms in total. The SMILES string of the molecule is CC(C)C1COc2c(ncnc2N2CCCC2)N1.CN. The Morgan fingerprint density at radius 1 is 1.30 bits per heavy atom. The van der Waals surface area contributed by atoms with Crippen molar-refractivity contribution in [3.8, 4) is 5.75 Å². The molecule has 0 aliphatic carbocycles. The molecule has 3 heterocycles. The maximum atomic E-state index is 5.91. The molecule has 112 valence electrons. The molecular formula is C14H25N5O. The molecule has 1 saturated heterocycles. The van der Waals surface area contributed by atoms with E-state index in [4.69, 9.17) is 4.74 Å². The van der Waals surface area contributed by atoms with E-state index in [1.807, 2.05) is 0 Å². The van der Waals surface area contributed by atoms with Crippen molar-refractivity contribution in [1.29, 1.82) is 0 Å². The number of aromatic nitrogens is 2. The molecule has 1 aromatic heterocycles. The van der Waals surface area contributed by atoms with E-state index in [-0.39, 0.29) is 0 Å². The summed E-state index contributed by atoms with van der Waals surface area (Å²) < 4.78 is 5.91. The van der Waals surface area contributed by atoms with Crippen molar-refractivity contribution in [2.45, 2.75) is 32.7 Å². The van der Waals surface area contributed by atoms with Gasteiger partial charge in [0, 0.05) is 13.1 Å². The van der Waals surface area contributed by atoms with Gasteiger partial charge < -0.3 is 20.7 Å². The lowest BCUT2D eigenvalue weighted by atomic mass is 10.0. The van der Waals surface area contributed by atoms with E-state index >= 15 is 0 Å². The number of rotatable bonds is 2. The molecule has 0 bridgehead atoms. The van der Waals surface area contributed by atoms with E-state index in [2.05, 4.69) is 39.8 Å². The van der Waals surface area contributed by atoms with Gasteiger partial charge in [0.25, 0.3) is 0 Å². The fourth-order valence-electron chi connectivity index (χ4n) is 2.50. The molecule has 0 amide bonds. The van der Waals surface area contributed by atoms with Crippen molar-refractivity contribution in [3.05, 3.63) is 6.33 Å². The molecule has 1 atom stereocenters. The molecule has 0 radical (unpaired) electrons. The lowest BCUT2D eigenvalue weighted by Gasteiger charge is -2.31. The van der Waals surface area contributed by atoms with Gasteiger partial charge in [0.1, 0.15) is 12.9 Å². The largest absolute Gasteiger partial charge is 0.484 e. The summed E-state index contributed by atoms with van der Waals surface area (Å²) in [6, 6.07) is 0.332. The molecule has 1 unspecified atom stereocenters. The molecule has 6 heteroatoms. The Morgan fingerprint density at radius 2 is 2.00 bits per heavy atom. The molecule has 3 N–H and O–H groups in total. The average molecular weight is 279 g/mol. The lowest BCUT2D eigenvalue weighted by Crippen LogP contribution is -2.37. The van der Waals surface area contributed by atoms with E-state index in [0.717, 1.165) is 30.5 Å². The maximum Gasteiger partial charge on any atom is 0.204 e. The summed E-state index contributed by atoms with van der Waals surface area (Å²) in [6.45, 7) is 7.21. The number of nitrogens with zero attached hydrogens (tertiary/aromatic N) is 3. The van der Waals surface area contributed by atoms with Gasteiger partial charge in [-0.05, 0) is 25.8 Å².